The van der Waals surface area contributed by atoms with Gasteiger partial charge in [-0.2, -0.15) is 4.98 Å². The molecule has 2 N–H and O–H groups in total. The van der Waals surface area contributed by atoms with Crippen LogP contribution in [0.15, 0.2) is 53.1 Å². The van der Waals surface area contributed by atoms with E-state index in [0.717, 1.165) is 16.9 Å². The number of nitrogens with zero attached hydrogens (tertiary/aromatic N) is 2. The molecule has 21 heavy (non-hydrogen) atoms. The highest BCUT2D eigenvalue weighted by atomic mass is 16.5. The molecule has 0 atom stereocenters. The van der Waals surface area contributed by atoms with Gasteiger partial charge in [0.2, 0.25) is 5.82 Å². The van der Waals surface area contributed by atoms with E-state index < -0.39 is 0 Å². The quantitative estimate of drug-likeness (QED) is 0.743. The highest BCUT2D eigenvalue weighted by molar-refractivity contribution is 5.53. The smallest absolute Gasteiger partial charge is 0.264 e. The number of nitrogens with two attached hydrogens (primary N) is 1. The van der Waals surface area contributed by atoms with Crippen molar-refractivity contribution in [3.05, 3.63) is 60.0 Å². The predicted molar refractivity (Wildman–Crippen MR) is 79.7 cm³/mol. The Balaban J connectivity index is 1.70. The molecule has 0 aliphatic rings. The van der Waals surface area contributed by atoms with Gasteiger partial charge < -0.3 is 15.0 Å². The molecule has 0 saturated carbocycles. The minimum Gasteiger partial charge on any atom is -0.483 e. The minimum atomic E-state index is 0.227. The van der Waals surface area contributed by atoms with Crippen LogP contribution in [-0.4, -0.2) is 10.1 Å². The van der Waals surface area contributed by atoms with Crippen molar-refractivity contribution in [1.82, 2.24) is 10.1 Å². The topological polar surface area (TPSA) is 74.2 Å². The van der Waals surface area contributed by atoms with Crippen molar-refractivity contribution in [2.45, 2.75) is 13.5 Å². The Hall–Kier alpha value is -2.82. The van der Waals surface area contributed by atoms with Gasteiger partial charge in [0.15, 0.2) is 6.61 Å². The second-order valence-corrected chi connectivity index (χ2v) is 4.69. The summed E-state index contributed by atoms with van der Waals surface area (Å²) in [6, 6.07) is 15.2. The first-order valence-electron chi connectivity index (χ1n) is 6.59. The van der Waals surface area contributed by atoms with Gasteiger partial charge in [0.25, 0.3) is 5.89 Å². The number of ether oxygens (including phenoxy) is 1. The first-order valence-corrected chi connectivity index (χ1v) is 6.59. The lowest BCUT2D eigenvalue weighted by atomic mass is 10.2. The van der Waals surface area contributed by atoms with E-state index in [1.165, 1.54) is 0 Å². The molecule has 0 fully saturated rings. The van der Waals surface area contributed by atoms with E-state index in [1.54, 1.807) is 6.07 Å². The molecule has 0 amide bonds. The van der Waals surface area contributed by atoms with Gasteiger partial charge in [0.1, 0.15) is 5.75 Å². The molecule has 2 aromatic carbocycles. The van der Waals surface area contributed by atoms with Crippen LogP contribution in [0.25, 0.3) is 11.4 Å². The fourth-order valence-electron chi connectivity index (χ4n) is 1.99. The summed E-state index contributed by atoms with van der Waals surface area (Å²) in [5, 5.41) is 3.95. The third-order valence-corrected chi connectivity index (χ3v) is 3.05. The van der Waals surface area contributed by atoms with E-state index in [1.807, 2.05) is 49.4 Å². The van der Waals surface area contributed by atoms with Crippen LogP contribution < -0.4 is 10.5 Å². The Morgan fingerprint density at radius 3 is 2.71 bits per heavy atom. The van der Waals surface area contributed by atoms with Crippen LogP contribution in [0, 0.1) is 6.92 Å². The van der Waals surface area contributed by atoms with Crippen molar-refractivity contribution in [3.63, 3.8) is 0 Å². The van der Waals surface area contributed by atoms with Crippen LogP contribution in [0.3, 0.4) is 0 Å². The molecule has 3 aromatic rings. The number of aryl methyl sites for hydroxylation is 1. The fourth-order valence-corrected chi connectivity index (χ4v) is 1.99. The van der Waals surface area contributed by atoms with Crippen LogP contribution in [-0.2, 0) is 6.61 Å². The SMILES string of the molecule is Cc1cc(N)ccc1OCc1nc(-c2ccccc2)no1. The fraction of sp³-hybridized carbons (Fsp3) is 0.125. The first-order chi connectivity index (χ1) is 10.2. The Bertz CT molecular complexity index is 738. The molecule has 0 saturated heterocycles. The van der Waals surface area contributed by atoms with Crippen LogP contribution in [0.1, 0.15) is 11.5 Å². The number of benzene rings is 2. The summed E-state index contributed by atoms with van der Waals surface area (Å²) in [6.45, 7) is 2.17. The van der Waals surface area contributed by atoms with Gasteiger partial charge >= 0.3 is 0 Å². The third-order valence-electron chi connectivity index (χ3n) is 3.05. The highest BCUT2D eigenvalue weighted by Crippen LogP contribution is 2.21. The molecule has 0 radical (unpaired) electrons. The standard InChI is InChI=1S/C16H15N3O2/c1-11-9-13(17)7-8-14(11)20-10-15-18-16(19-21-15)12-5-3-2-4-6-12/h2-9H,10,17H2,1H3. The number of hydrogen-bond acceptors (Lipinski definition) is 5. The van der Waals surface area contributed by atoms with E-state index in [4.69, 9.17) is 15.0 Å². The molecule has 3 rings (SSSR count). The van der Waals surface area contributed by atoms with Crippen LogP contribution in [0.2, 0.25) is 0 Å². The zero-order valence-corrected chi connectivity index (χ0v) is 11.6. The van der Waals surface area contributed by atoms with Crippen molar-refractivity contribution < 1.29 is 9.26 Å². The molecule has 0 aliphatic carbocycles. The predicted octanol–water partition coefficient (Wildman–Crippen LogP) is 3.21. The van der Waals surface area contributed by atoms with Gasteiger partial charge in [-0.3, -0.25) is 0 Å². The summed E-state index contributed by atoms with van der Waals surface area (Å²) >= 11 is 0. The normalized spacial score (nSPS) is 10.5. The van der Waals surface area contributed by atoms with Crippen molar-refractivity contribution in [1.29, 1.82) is 0 Å². The monoisotopic (exact) mass is 281 g/mol. The van der Waals surface area contributed by atoms with Gasteiger partial charge in [-0.05, 0) is 30.7 Å². The first kappa shape index (κ1) is 13.2. The molecule has 0 aliphatic heterocycles. The van der Waals surface area contributed by atoms with Crippen LogP contribution in [0.4, 0.5) is 5.69 Å². The average Bonchev–Trinajstić information content (AvgIpc) is 2.96. The Morgan fingerprint density at radius 2 is 1.95 bits per heavy atom. The Kier molecular flexibility index (Phi) is 3.55. The molecule has 0 spiro atoms. The molecule has 5 nitrogen and oxygen atoms in total. The molecular weight excluding hydrogens is 266 g/mol. The molecule has 1 heterocycles. The third kappa shape index (κ3) is 3.02. The van der Waals surface area contributed by atoms with Gasteiger partial charge in [-0.1, -0.05) is 35.5 Å². The lowest BCUT2D eigenvalue weighted by Crippen LogP contribution is -1.98. The summed E-state index contributed by atoms with van der Waals surface area (Å²) in [6.07, 6.45) is 0. The zero-order chi connectivity index (χ0) is 14.7. The second-order valence-electron chi connectivity index (χ2n) is 4.69. The summed E-state index contributed by atoms with van der Waals surface area (Å²) < 4.78 is 10.9. The van der Waals surface area contributed by atoms with E-state index in [-0.39, 0.29) is 6.61 Å². The van der Waals surface area contributed by atoms with Crippen molar-refractivity contribution in [2.24, 2.45) is 0 Å². The molecule has 0 unspecified atom stereocenters. The van der Waals surface area contributed by atoms with Gasteiger partial charge in [0, 0.05) is 11.3 Å². The highest BCUT2D eigenvalue weighted by Gasteiger charge is 2.09. The molecular formula is C16H15N3O2. The van der Waals surface area contributed by atoms with Gasteiger partial charge in [-0.25, -0.2) is 0 Å². The Labute approximate surface area is 122 Å². The maximum absolute atomic E-state index is 5.71. The molecule has 106 valence electrons. The molecule has 5 heteroatoms. The summed E-state index contributed by atoms with van der Waals surface area (Å²) in [7, 11) is 0. The molecule has 1 aromatic heterocycles. The minimum absolute atomic E-state index is 0.227. The number of hydrogen-bond donors (Lipinski definition) is 1. The number of rotatable bonds is 4. The summed E-state index contributed by atoms with van der Waals surface area (Å²) in [5.41, 5.74) is 8.30. The number of anilines is 1. The maximum Gasteiger partial charge on any atom is 0.264 e. The largest absolute Gasteiger partial charge is 0.483 e. The van der Waals surface area contributed by atoms with E-state index in [9.17, 15) is 0 Å². The van der Waals surface area contributed by atoms with Gasteiger partial charge in [-0.15, -0.1) is 0 Å². The second kappa shape index (κ2) is 5.66. The van der Waals surface area contributed by atoms with Crippen LogP contribution in [0.5, 0.6) is 5.75 Å². The van der Waals surface area contributed by atoms with Crippen LogP contribution >= 0.6 is 0 Å². The van der Waals surface area contributed by atoms with Crippen molar-refractivity contribution in [3.8, 4) is 17.1 Å². The number of aromatic nitrogens is 2. The average molecular weight is 281 g/mol. The van der Waals surface area contributed by atoms with E-state index >= 15 is 0 Å². The van der Waals surface area contributed by atoms with E-state index in [0.29, 0.717) is 17.4 Å². The Morgan fingerprint density at radius 1 is 1.14 bits per heavy atom. The van der Waals surface area contributed by atoms with E-state index in [2.05, 4.69) is 10.1 Å². The molecule has 0 bridgehead atoms. The lowest BCUT2D eigenvalue weighted by molar-refractivity contribution is 0.242. The number of nitrogen functional groups attached to an aromatic ring is 1. The lowest BCUT2D eigenvalue weighted by Gasteiger charge is -2.07. The summed E-state index contributed by atoms with van der Waals surface area (Å²) in [5.74, 6) is 1.75. The van der Waals surface area contributed by atoms with Gasteiger partial charge in [0.05, 0.1) is 0 Å². The van der Waals surface area contributed by atoms with Crippen molar-refractivity contribution >= 4 is 5.69 Å². The maximum atomic E-state index is 5.71. The summed E-state index contributed by atoms with van der Waals surface area (Å²) in [4.78, 5) is 4.32. The zero-order valence-electron chi connectivity index (χ0n) is 11.6. The van der Waals surface area contributed by atoms with Crippen molar-refractivity contribution in [2.75, 3.05) is 5.73 Å².